The molecule has 1 atom stereocenters. The summed E-state index contributed by atoms with van der Waals surface area (Å²) in [6.07, 6.45) is 0. The van der Waals surface area contributed by atoms with Crippen LogP contribution in [0.5, 0.6) is 11.5 Å². The first kappa shape index (κ1) is 14.9. The number of carboxylic acid groups (broad SMARTS) is 1. The number of fused-ring (bicyclic) bond motifs is 1. The molecule has 20 heavy (non-hydrogen) atoms. The second-order valence-corrected chi connectivity index (χ2v) is 5.17. The van der Waals surface area contributed by atoms with Crippen molar-refractivity contribution in [2.75, 3.05) is 34.0 Å². The van der Waals surface area contributed by atoms with E-state index in [1.54, 1.807) is 12.1 Å². The topological polar surface area (TPSA) is 71.0 Å². The van der Waals surface area contributed by atoms with Gasteiger partial charge in [0.25, 0.3) is 0 Å². The third-order valence-corrected chi connectivity index (χ3v) is 3.22. The molecule has 1 unspecified atom stereocenters. The lowest BCUT2D eigenvalue weighted by Gasteiger charge is -2.17. The molecule has 0 bridgehead atoms. The molecule has 0 amide bonds. The van der Waals surface area contributed by atoms with Crippen LogP contribution in [-0.2, 0) is 4.79 Å². The Bertz CT molecular complexity index is 507. The number of rotatable bonds is 6. The summed E-state index contributed by atoms with van der Waals surface area (Å²) in [5.74, 6) is -0.0142. The lowest BCUT2D eigenvalue weighted by Crippen LogP contribution is -2.33. The zero-order chi connectivity index (χ0) is 14.7. The molecule has 0 spiro atoms. The van der Waals surface area contributed by atoms with Gasteiger partial charge >= 0.3 is 5.97 Å². The van der Waals surface area contributed by atoms with Crippen LogP contribution in [-0.4, -0.2) is 50.0 Å². The van der Waals surface area contributed by atoms with Crippen LogP contribution in [0.25, 0.3) is 0 Å². The van der Waals surface area contributed by atoms with E-state index in [0.29, 0.717) is 28.6 Å². The summed E-state index contributed by atoms with van der Waals surface area (Å²) in [6.45, 7) is 1.39. The van der Waals surface area contributed by atoms with Crippen molar-refractivity contribution in [1.29, 1.82) is 0 Å². The molecule has 110 valence electrons. The van der Waals surface area contributed by atoms with E-state index in [0.717, 1.165) is 6.54 Å². The summed E-state index contributed by atoms with van der Waals surface area (Å²) < 4.78 is 10.5. The Morgan fingerprint density at radius 2 is 2.25 bits per heavy atom. The fourth-order valence-corrected chi connectivity index (χ4v) is 2.21. The van der Waals surface area contributed by atoms with Gasteiger partial charge in [0.05, 0.1) is 5.02 Å². The number of aliphatic carboxylic acids is 1. The van der Waals surface area contributed by atoms with Gasteiger partial charge in [0, 0.05) is 13.1 Å². The Hall–Kier alpha value is -1.50. The third-order valence-electron chi connectivity index (χ3n) is 2.94. The highest BCUT2D eigenvalue weighted by molar-refractivity contribution is 6.32. The van der Waals surface area contributed by atoms with E-state index < -0.39 is 12.0 Å². The molecule has 6 nitrogen and oxygen atoms in total. The molecule has 0 aliphatic carbocycles. The number of likely N-dealkylation sites (N-methyl/N-ethyl adjacent to an activating group) is 1. The second-order valence-electron chi connectivity index (χ2n) is 4.77. The van der Waals surface area contributed by atoms with Gasteiger partial charge in [-0.3, -0.25) is 10.1 Å². The van der Waals surface area contributed by atoms with Gasteiger partial charge in [-0.1, -0.05) is 11.6 Å². The van der Waals surface area contributed by atoms with Crippen LogP contribution in [0.4, 0.5) is 0 Å². The molecule has 1 aliphatic rings. The highest BCUT2D eigenvalue weighted by Gasteiger charge is 2.25. The van der Waals surface area contributed by atoms with Crippen LogP contribution in [0.15, 0.2) is 12.1 Å². The molecular weight excluding hydrogens is 284 g/mol. The Labute approximate surface area is 122 Å². The number of nitrogens with zero attached hydrogens (tertiary/aromatic N) is 1. The SMILES string of the molecule is CN(C)CCNC(C(=O)O)c1cc(Cl)c2c(c1)OCO2. The number of halogens is 1. The molecule has 1 aromatic rings. The maximum atomic E-state index is 11.4. The van der Waals surface area contributed by atoms with Crippen molar-refractivity contribution in [3.8, 4) is 11.5 Å². The summed E-state index contributed by atoms with van der Waals surface area (Å²) in [5.41, 5.74) is 0.547. The molecule has 2 N–H and O–H groups in total. The van der Waals surface area contributed by atoms with Crippen LogP contribution in [0.3, 0.4) is 0 Å². The molecule has 2 rings (SSSR count). The smallest absolute Gasteiger partial charge is 0.325 e. The molecule has 0 fully saturated rings. The standard InChI is InChI=1S/C13H17ClN2O4/c1-16(2)4-3-15-11(13(17)18)8-5-9(14)12-10(6-8)19-7-20-12/h5-6,11,15H,3-4,7H2,1-2H3,(H,17,18). The molecule has 1 aliphatic heterocycles. The van der Waals surface area contributed by atoms with Crippen molar-refractivity contribution in [2.24, 2.45) is 0 Å². The monoisotopic (exact) mass is 300 g/mol. The van der Waals surface area contributed by atoms with E-state index in [2.05, 4.69) is 5.32 Å². The zero-order valence-electron chi connectivity index (χ0n) is 11.4. The molecule has 0 saturated heterocycles. The Morgan fingerprint density at radius 1 is 1.50 bits per heavy atom. The highest BCUT2D eigenvalue weighted by atomic mass is 35.5. The minimum Gasteiger partial charge on any atom is -0.480 e. The number of hydrogen-bond acceptors (Lipinski definition) is 5. The summed E-state index contributed by atoms with van der Waals surface area (Å²) in [6, 6.07) is 2.41. The molecule has 1 aromatic carbocycles. The lowest BCUT2D eigenvalue weighted by atomic mass is 10.1. The first-order chi connectivity index (χ1) is 9.49. The number of ether oxygens (including phenoxy) is 2. The van der Waals surface area contributed by atoms with Gasteiger partial charge in [-0.2, -0.15) is 0 Å². The predicted molar refractivity (Wildman–Crippen MR) is 74.5 cm³/mol. The van der Waals surface area contributed by atoms with Gasteiger partial charge in [-0.25, -0.2) is 0 Å². The van der Waals surface area contributed by atoms with Crippen molar-refractivity contribution >= 4 is 17.6 Å². The van der Waals surface area contributed by atoms with E-state index in [9.17, 15) is 9.90 Å². The van der Waals surface area contributed by atoms with E-state index >= 15 is 0 Å². The molecule has 1 heterocycles. The normalized spacial score (nSPS) is 14.6. The molecule has 7 heteroatoms. The van der Waals surface area contributed by atoms with Gasteiger partial charge < -0.3 is 19.5 Å². The Kier molecular flexibility index (Phi) is 4.69. The van der Waals surface area contributed by atoms with E-state index in [1.807, 2.05) is 19.0 Å². The maximum Gasteiger partial charge on any atom is 0.325 e. The minimum atomic E-state index is -0.960. The maximum absolute atomic E-state index is 11.4. The first-order valence-corrected chi connectivity index (χ1v) is 6.57. The van der Waals surface area contributed by atoms with E-state index in [4.69, 9.17) is 21.1 Å². The average molecular weight is 301 g/mol. The number of carboxylic acids is 1. The summed E-state index contributed by atoms with van der Waals surface area (Å²) in [5, 5.41) is 12.7. The fraction of sp³-hybridized carbons (Fsp3) is 0.462. The van der Waals surface area contributed by atoms with Crippen molar-refractivity contribution in [3.63, 3.8) is 0 Å². The summed E-state index contributed by atoms with van der Waals surface area (Å²) >= 11 is 6.07. The van der Waals surface area contributed by atoms with Crippen LogP contribution >= 0.6 is 11.6 Å². The van der Waals surface area contributed by atoms with Gasteiger partial charge in [0.2, 0.25) is 6.79 Å². The zero-order valence-corrected chi connectivity index (χ0v) is 12.1. The molecule has 0 aromatic heterocycles. The molecule has 0 saturated carbocycles. The number of carbonyl (C=O) groups is 1. The van der Waals surface area contributed by atoms with Crippen LogP contribution in [0.1, 0.15) is 11.6 Å². The van der Waals surface area contributed by atoms with Crippen molar-refractivity contribution in [1.82, 2.24) is 10.2 Å². The van der Waals surface area contributed by atoms with Crippen LogP contribution < -0.4 is 14.8 Å². The summed E-state index contributed by atoms with van der Waals surface area (Å²) in [7, 11) is 3.85. The van der Waals surface area contributed by atoms with Crippen molar-refractivity contribution in [3.05, 3.63) is 22.7 Å². The third kappa shape index (κ3) is 3.33. The lowest BCUT2D eigenvalue weighted by molar-refractivity contribution is -0.139. The second kappa shape index (κ2) is 6.30. The van der Waals surface area contributed by atoms with Gasteiger partial charge in [-0.05, 0) is 31.8 Å². The predicted octanol–water partition coefficient (Wildman–Crippen LogP) is 1.35. The Morgan fingerprint density at radius 3 is 2.90 bits per heavy atom. The van der Waals surface area contributed by atoms with Crippen LogP contribution in [0.2, 0.25) is 5.02 Å². The van der Waals surface area contributed by atoms with Gasteiger partial charge in [-0.15, -0.1) is 0 Å². The number of benzene rings is 1. The highest BCUT2D eigenvalue weighted by Crippen LogP contribution is 2.41. The average Bonchev–Trinajstić information content (AvgIpc) is 2.82. The van der Waals surface area contributed by atoms with E-state index in [-0.39, 0.29) is 6.79 Å². The fourth-order valence-electron chi connectivity index (χ4n) is 1.93. The van der Waals surface area contributed by atoms with E-state index in [1.165, 1.54) is 0 Å². The largest absolute Gasteiger partial charge is 0.480 e. The number of nitrogens with one attached hydrogen (secondary N) is 1. The molecular formula is C13H17ClN2O4. The Balaban J connectivity index is 2.17. The number of hydrogen-bond donors (Lipinski definition) is 2. The van der Waals surface area contributed by atoms with Crippen molar-refractivity contribution in [2.45, 2.75) is 6.04 Å². The van der Waals surface area contributed by atoms with Gasteiger partial charge in [0.15, 0.2) is 11.5 Å². The summed E-state index contributed by atoms with van der Waals surface area (Å²) in [4.78, 5) is 13.4. The minimum absolute atomic E-state index is 0.101. The van der Waals surface area contributed by atoms with Crippen molar-refractivity contribution < 1.29 is 19.4 Å². The quantitative estimate of drug-likeness (QED) is 0.826. The van der Waals surface area contributed by atoms with Gasteiger partial charge in [0.1, 0.15) is 6.04 Å². The first-order valence-electron chi connectivity index (χ1n) is 6.19. The molecule has 0 radical (unpaired) electrons. The van der Waals surface area contributed by atoms with Crippen LogP contribution in [0, 0.1) is 0 Å².